The summed E-state index contributed by atoms with van der Waals surface area (Å²) in [5, 5.41) is 6.07. The molecular weight excluding hydrogens is 763 g/mol. The molecule has 2 aromatic rings. The molecule has 2 bridgehead atoms. The molecule has 314 valence electrons. The van der Waals surface area contributed by atoms with Crippen LogP contribution in [0.15, 0.2) is 36.9 Å². The molecule has 4 saturated carbocycles. The lowest BCUT2D eigenvalue weighted by Crippen LogP contribution is -2.59. The summed E-state index contributed by atoms with van der Waals surface area (Å²) in [6, 6.07) is 5.62. The number of amides is 4. The number of pyridine rings is 1. The zero-order chi connectivity index (χ0) is 40.6. The van der Waals surface area contributed by atoms with Crippen LogP contribution in [0.3, 0.4) is 0 Å². The smallest absolute Gasteiger partial charge is 0.408 e. The maximum absolute atomic E-state index is 15.0. The maximum atomic E-state index is 15.0. The fraction of sp³-hybridized carbons (Fsp3) is 0.651. The molecule has 1 aromatic heterocycles. The highest BCUT2D eigenvalue weighted by Gasteiger charge is 2.62. The molecule has 4 aliphatic carbocycles. The fourth-order valence-electron chi connectivity index (χ4n) is 9.85. The average molecular weight is 820 g/mol. The van der Waals surface area contributed by atoms with Gasteiger partial charge in [0.15, 0.2) is 0 Å². The van der Waals surface area contributed by atoms with Gasteiger partial charge >= 0.3 is 6.09 Å². The van der Waals surface area contributed by atoms with Gasteiger partial charge in [-0.3, -0.25) is 19.1 Å². The molecule has 0 unspecified atom stereocenters. The molecule has 3 N–H and O–H groups in total. The van der Waals surface area contributed by atoms with Crippen LogP contribution in [0.1, 0.15) is 108 Å². The second-order valence-electron chi connectivity index (χ2n) is 17.4. The highest BCUT2D eigenvalue weighted by molar-refractivity contribution is 7.91. The summed E-state index contributed by atoms with van der Waals surface area (Å²) in [5.41, 5.74) is 0.0623. The van der Waals surface area contributed by atoms with Crippen molar-refractivity contribution in [3.8, 4) is 11.5 Å². The minimum Gasteiger partial charge on any atom is -0.497 e. The number of nitrogens with one attached hydrogen (secondary N) is 3. The van der Waals surface area contributed by atoms with Gasteiger partial charge in [-0.1, -0.05) is 38.2 Å². The standard InChI is InChI=1S/C43H57N5O9S/c1-3-29-24-43(29,41(51)47-58(53,54)32-18-19-32)46-39(49)35-23-31-25-48(35)40(50)38(27-12-7-4-8-13-27)45-42(52)57-36-16-10-14-26(36)11-6-5-9-15-34-37(56-31)22-28-21-30(55-2)17-20-33(28)44-34/h3,17,20-22,26-27,29,31-32,35-36,38H,1,4-16,18-19,23-25H2,2H3,(H,45,52)(H,46,49)(H,47,51)/t26-,29-,31-,35+,36-,38+,43-/m1/s1. The van der Waals surface area contributed by atoms with Gasteiger partial charge in [0.2, 0.25) is 21.8 Å². The minimum atomic E-state index is -3.89. The third-order valence-corrected chi connectivity index (χ3v) is 15.3. The molecule has 2 aliphatic heterocycles. The van der Waals surface area contributed by atoms with E-state index in [4.69, 9.17) is 19.2 Å². The lowest BCUT2D eigenvalue weighted by molar-refractivity contribution is -0.142. The first-order chi connectivity index (χ1) is 28.0. The predicted molar refractivity (Wildman–Crippen MR) is 215 cm³/mol. The van der Waals surface area contributed by atoms with Gasteiger partial charge in [-0.25, -0.2) is 18.2 Å². The Morgan fingerprint density at radius 1 is 0.966 bits per heavy atom. The molecule has 7 atom stereocenters. The summed E-state index contributed by atoms with van der Waals surface area (Å²) >= 11 is 0. The number of nitrogens with zero attached hydrogens (tertiary/aromatic N) is 2. The van der Waals surface area contributed by atoms with Crippen LogP contribution in [0, 0.1) is 17.8 Å². The number of ether oxygens (including phenoxy) is 3. The Balaban J connectivity index is 1.13. The Morgan fingerprint density at radius 2 is 1.71 bits per heavy atom. The van der Waals surface area contributed by atoms with E-state index in [-0.39, 0.29) is 37.3 Å². The molecule has 58 heavy (non-hydrogen) atoms. The number of methoxy groups -OCH3 is 1. The third kappa shape index (κ3) is 8.51. The van der Waals surface area contributed by atoms with Crippen LogP contribution in [-0.4, -0.2) is 90.9 Å². The summed E-state index contributed by atoms with van der Waals surface area (Å²) in [6.07, 6.45) is 12.8. The highest BCUT2D eigenvalue weighted by atomic mass is 32.2. The molecule has 14 nitrogen and oxygen atoms in total. The Labute approximate surface area is 340 Å². The van der Waals surface area contributed by atoms with Crippen molar-refractivity contribution in [1.29, 1.82) is 0 Å². The lowest BCUT2D eigenvalue weighted by atomic mass is 9.83. The number of aryl methyl sites for hydroxylation is 1. The molecule has 15 heteroatoms. The van der Waals surface area contributed by atoms with Crippen molar-refractivity contribution in [3.05, 3.63) is 42.6 Å². The van der Waals surface area contributed by atoms with Gasteiger partial charge in [0.25, 0.3) is 5.91 Å². The number of carbonyl (C=O) groups is 4. The average Bonchev–Trinajstić information content (AvgIpc) is 4.11. The van der Waals surface area contributed by atoms with Gasteiger partial charge in [-0.05, 0) is 107 Å². The highest BCUT2D eigenvalue weighted by Crippen LogP contribution is 2.46. The summed E-state index contributed by atoms with van der Waals surface area (Å²) in [7, 11) is -2.29. The molecule has 0 radical (unpaired) electrons. The number of carbonyl (C=O) groups excluding carboxylic acids is 4. The molecule has 3 heterocycles. The first kappa shape index (κ1) is 40.4. The van der Waals surface area contributed by atoms with Gasteiger partial charge in [0, 0.05) is 17.7 Å². The zero-order valence-corrected chi connectivity index (χ0v) is 34.2. The van der Waals surface area contributed by atoms with E-state index in [9.17, 15) is 27.6 Å². The second kappa shape index (κ2) is 16.7. The molecule has 5 fully saturated rings. The monoisotopic (exact) mass is 819 g/mol. The first-order valence-electron chi connectivity index (χ1n) is 21.4. The Morgan fingerprint density at radius 3 is 2.43 bits per heavy atom. The van der Waals surface area contributed by atoms with E-state index >= 15 is 0 Å². The van der Waals surface area contributed by atoms with E-state index in [1.54, 1.807) is 7.11 Å². The van der Waals surface area contributed by atoms with Gasteiger partial charge in [-0.15, -0.1) is 6.58 Å². The second-order valence-corrected chi connectivity index (χ2v) is 19.4. The molecule has 8 rings (SSSR count). The molecule has 1 aromatic carbocycles. The van der Waals surface area contributed by atoms with Crippen molar-refractivity contribution < 1.29 is 41.8 Å². The van der Waals surface area contributed by atoms with Crippen molar-refractivity contribution in [2.75, 3.05) is 13.7 Å². The quantitative estimate of drug-likeness (QED) is 0.299. The van der Waals surface area contributed by atoms with Gasteiger partial charge in [0.1, 0.15) is 41.3 Å². The molecule has 6 aliphatic rings. The zero-order valence-electron chi connectivity index (χ0n) is 33.4. The van der Waals surface area contributed by atoms with Crippen LogP contribution in [0.2, 0.25) is 0 Å². The van der Waals surface area contributed by atoms with E-state index in [0.29, 0.717) is 30.8 Å². The van der Waals surface area contributed by atoms with Crippen molar-refractivity contribution in [2.24, 2.45) is 17.8 Å². The largest absolute Gasteiger partial charge is 0.497 e. The molecule has 4 amide bonds. The van der Waals surface area contributed by atoms with E-state index in [0.717, 1.165) is 93.6 Å². The number of benzene rings is 1. The Hall–Kier alpha value is -4.40. The minimum absolute atomic E-state index is 0.0390. The fourth-order valence-corrected chi connectivity index (χ4v) is 11.2. The van der Waals surface area contributed by atoms with Crippen molar-refractivity contribution in [2.45, 2.75) is 144 Å². The molecular formula is C43H57N5O9S. The molecule has 1 saturated heterocycles. The number of hydrogen-bond acceptors (Lipinski definition) is 10. The van der Waals surface area contributed by atoms with Crippen LogP contribution in [-0.2, 0) is 35.6 Å². The van der Waals surface area contributed by atoms with Crippen LogP contribution in [0.5, 0.6) is 11.5 Å². The topological polar surface area (TPSA) is 182 Å². The van der Waals surface area contributed by atoms with Gasteiger partial charge in [-0.2, -0.15) is 0 Å². The number of rotatable bonds is 8. The van der Waals surface area contributed by atoms with Crippen molar-refractivity contribution in [3.63, 3.8) is 0 Å². The number of sulfonamides is 1. The van der Waals surface area contributed by atoms with E-state index in [1.807, 2.05) is 24.3 Å². The van der Waals surface area contributed by atoms with Crippen molar-refractivity contribution in [1.82, 2.24) is 25.2 Å². The summed E-state index contributed by atoms with van der Waals surface area (Å²) in [5.74, 6) is -0.992. The first-order valence-corrected chi connectivity index (χ1v) is 22.9. The molecule has 0 spiro atoms. The Kier molecular flexibility index (Phi) is 11.6. The summed E-state index contributed by atoms with van der Waals surface area (Å²) in [4.78, 5) is 63.5. The van der Waals surface area contributed by atoms with E-state index < -0.39 is 68.7 Å². The predicted octanol–water partition coefficient (Wildman–Crippen LogP) is 5.22. The Bertz CT molecular complexity index is 2030. The lowest BCUT2D eigenvalue weighted by Gasteiger charge is -2.35. The van der Waals surface area contributed by atoms with Gasteiger partial charge < -0.3 is 29.7 Å². The third-order valence-electron chi connectivity index (χ3n) is 13.4. The number of aromatic nitrogens is 1. The van der Waals surface area contributed by atoms with Crippen LogP contribution in [0.4, 0.5) is 4.79 Å². The van der Waals surface area contributed by atoms with Crippen molar-refractivity contribution >= 4 is 44.7 Å². The number of hydrogen-bond donors (Lipinski definition) is 3. The van der Waals surface area contributed by atoms with Crippen LogP contribution < -0.4 is 24.8 Å². The van der Waals surface area contributed by atoms with Crippen LogP contribution >= 0.6 is 0 Å². The summed E-state index contributed by atoms with van der Waals surface area (Å²) < 4.78 is 46.2. The number of fused-ring (bicyclic) bond motifs is 5. The maximum Gasteiger partial charge on any atom is 0.408 e. The van der Waals surface area contributed by atoms with E-state index in [2.05, 4.69) is 21.9 Å². The van der Waals surface area contributed by atoms with E-state index in [1.165, 1.54) is 11.0 Å². The van der Waals surface area contributed by atoms with Crippen LogP contribution in [0.25, 0.3) is 10.9 Å². The summed E-state index contributed by atoms with van der Waals surface area (Å²) in [6.45, 7) is 3.87. The number of alkyl carbamates (subject to hydrolysis) is 1. The van der Waals surface area contributed by atoms with Gasteiger partial charge in [0.05, 0.1) is 30.1 Å². The normalized spacial score (nSPS) is 31.0. The SMILES string of the molecule is C=C[C@@H]1C[C@]1(NC(=O)[C@@H]1C[C@@H]2CN1C(=O)[C@H](C1CCCCC1)NC(=O)O[C@@H]1CCC[C@H]1CCCCCc1nc3ccc(OC)cc3cc1O2)C(=O)NS(=O)(=O)C1CC1.